The van der Waals surface area contributed by atoms with Crippen molar-refractivity contribution >= 4 is 14.4 Å². The maximum Gasteiger partial charge on any atom is 0.330 e. The number of ether oxygens (including phenoxy) is 1. The molecule has 4 heteroatoms. The first kappa shape index (κ1) is 24.4. The fourth-order valence-electron chi connectivity index (χ4n) is 3.05. The van der Waals surface area contributed by atoms with Gasteiger partial charge in [-0.1, -0.05) is 77.2 Å². The molecule has 0 aromatic rings. The maximum absolute atomic E-state index is 13.4. The molecule has 0 heterocycles. The fourth-order valence-corrected chi connectivity index (χ4v) is 4.14. The second-order valence-electron chi connectivity index (χ2n) is 7.95. The van der Waals surface area contributed by atoms with Gasteiger partial charge in [-0.15, -0.1) is 0 Å². The lowest BCUT2D eigenvalue weighted by Gasteiger charge is -2.11. The van der Waals surface area contributed by atoms with Gasteiger partial charge in [-0.3, -0.25) is 0 Å². The van der Waals surface area contributed by atoms with E-state index >= 15 is 0 Å². The van der Waals surface area contributed by atoms with Gasteiger partial charge in [0.2, 0.25) is 8.41 Å². The molecule has 0 aromatic carbocycles. The Labute approximate surface area is 156 Å². The standard InChI is InChI=1S/C21H41FO2Si/c1-5-21(23)24-20(2)18-16-14-12-10-8-6-7-9-11-13-15-17-19-25(3,4)22/h5,20H,1,6-19H2,2-4H3. The number of unbranched alkanes of at least 4 members (excludes halogenated alkanes) is 11. The number of carbonyl (C=O) groups excluding carboxylic acids is 1. The quantitative estimate of drug-likeness (QED) is 0.0877. The number of carbonyl (C=O) groups is 1. The van der Waals surface area contributed by atoms with E-state index in [-0.39, 0.29) is 12.1 Å². The molecule has 0 bridgehead atoms. The van der Waals surface area contributed by atoms with E-state index in [4.69, 9.17) is 4.74 Å². The van der Waals surface area contributed by atoms with Crippen molar-refractivity contribution in [3.05, 3.63) is 12.7 Å². The molecule has 0 aliphatic rings. The molecule has 25 heavy (non-hydrogen) atoms. The number of halogens is 1. The van der Waals surface area contributed by atoms with Crippen molar-refractivity contribution in [2.24, 2.45) is 0 Å². The topological polar surface area (TPSA) is 26.3 Å². The summed E-state index contributed by atoms with van der Waals surface area (Å²) in [6.07, 6.45) is 17.4. The highest BCUT2D eigenvalue weighted by molar-refractivity contribution is 6.70. The molecule has 0 rings (SSSR count). The highest BCUT2D eigenvalue weighted by Gasteiger charge is 2.18. The van der Waals surface area contributed by atoms with Crippen molar-refractivity contribution in [1.29, 1.82) is 0 Å². The van der Waals surface area contributed by atoms with E-state index in [0.717, 1.165) is 25.3 Å². The maximum atomic E-state index is 13.4. The number of hydrogen-bond donors (Lipinski definition) is 0. The van der Waals surface area contributed by atoms with Crippen LogP contribution in [0.1, 0.15) is 90.4 Å². The number of hydrogen-bond acceptors (Lipinski definition) is 2. The molecule has 0 radical (unpaired) electrons. The van der Waals surface area contributed by atoms with Crippen LogP contribution >= 0.6 is 0 Å². The van der Waals surface area contributed by atoms with E-state index in [1.807, 2.05) is 20.0 Å². The molecule has 1 unspecified atom stereocenters. The zero-order chi connectivity index (χ0) is 19.0. The second-order valence-corrected chi connectivity index (χ2v) is 11.9. The molecule has 0 aliphatic heterocycles. The van der Waals surface area contributed by atoms with Crippen LogP contribution < -0.4 is 0 Å². The summed E-state index contributed by atoms with van der Waals surface area (Å²) < 4.78 is 18.6. The Morgan fingerprint density at radius 3 is 1.72 bits per heavy atom. The van der Waals surface area contributed by atoms with Gasteiger partial charge in [-0.2, -0.15) is 0 Å². The van der Waals surface area contributed by atoms with Gasteiger partial charge in [-0.25, -0.2) is 4.79 Å². The average Bonchev–Trinajstić information content (AvgIpc) is 2.53. The van der Waals surface area contributed by atoms with Crippen LogP contribution in [0, 0.1) is 0 Å². The van der Waals surface area contributed by atoms with Gasteiger partial charge in [0.05, 0.1) is 6.10 Å². The fraction of sp³-hybridized carbons (Fsp3) is 0.857. The molecule has 0 amide bonds. The molecule has 0 aromatic heterocycles. The lowest BCUT2D eigenvalue weighted by molar-refractivity contribution is -0.142. The number of rotatable bonds is 17. The zero-order valence-electron chi connectivity index (χ0n) is 17.0. The highest BCUT2D eigenvalue weighted by Crippen LogP contribution is 2.17. The Balaban J connectivity index is 3.19. The third kappa shape index (κ3) is 19.5. The minimum absolute atomic E-state index is 0.00354. The molecule has 0 saturated carbocycles. The van der Waals surface area contributed by atoms with E-state index in [2.05, 4.69) is 6.58 Å². The van der Waals surface area contributed by atoms with Crippen molar-refractivity contribution in [3.63, 3.8) is 0 Å². The molecule has 0 N–H and O–H groups in total. The van der Waals surface area contributed by atoms with E-state index < -0.39 is 8.41 Å². The first-order valence-corrected chi connectivity index (χ1v) is 13.5. The summed E-state index contributed by atoms with van der Waals surface area (Å²) in [5, 5.41) is 0. The van der Waals surface area contributed by atoms with E-state index in [1.165, 1.54) is 70.3 Å². The smallest absolute Gasteiger partial charge is 0.330 e. The van der Waals surface area contributed by atoms with E-state index in [0.29, 0.717) is 0 Å². The van der Waals surface area contributed by atoms with Crippen LogP contribution in [0.3, 0.4) is 0 Å². The third-order valence-corrected chi connectivity index (χ3v) is 6.16. The molecule has 0 spiro atoms. The van der Waals surface area contributed by atoms with Crippen molar-refractivity contribution in [1.82, 2.24) is 0 Å². The van der Waals surface area contributed by atoms with Crippen LogP contribution in [0.15, 0.2) is 12.7 Å². The zero-order valence-corrected chi connectivity index (χ0v) is 18.0. The van der Waals surface area contributed by atoms with Gasteiger partial charge in [0.25, 0.3) is 0 Å². The molecule has 2 nitrogen and oxygen atoms in total. The Morgan fingerprint density at radius 2 is 1.32 bits per heavy atom. The summed E-state index contributed by atoms with van der Waals surface area (Å²) in [6, 6.07) is 0.836. The van der Waals surface area contributed by atoms with Gasteiger partial charge >= 0.3 is 5.97 Å². The van der Waals surface area contributed by atoms with Crippen LogP contribution in [-0.4, -0.2) is 20.5 Å². The van der Waals surface area contributed by atoms with Crippen LogP contribution in [0.25, 0.3) is 0 Å². The summed E-state index contributed by atoms with van der Waals surface area (Å²) in [6.45, 7) is 8.97. The second kappa shape index (κ2) is 15.6. The summed E-state index contributed by atoms with van der Waals surface area (Å²) in [7, 11) is -2.30. The predicted octanol–water partition coefficient (Wildman–Crippen LogP) is 7.35. The van der Waals surface area contributed by atoms with Crippen LogP contribution in [-0.2, 0) is 9.53 Å². The third-order valence-electron chi connectivity index (χ3n) is 4.62. The largest absolute Gasteiger partial charge is 0.460 e. The Hall–Kier alpha value is -0.643. The average molecular weight is 373 g/mol. The molecular weight excluding hydrogens is 331 g/mol. The van der Waals surface area contributed by atoms with Crippen LogP contribution in [0.4, 0.5) is 4.11 Å². The summed E-state index contributed by atoms with van der Waals surface area (Å²) in [4.78, 5) is 11.0. The minimum atomic E-state index is -2.30. The van der Waals surface area contributed by atoms with Crippen molar-refractivity contribution in [3.8, 4) is 0 Å². The van der Waals surface area contributed by atoms with Gasteiger partial charge in [0.1, 0.15) is 0 Å². The van der Waals surface area contributed by atoms with Crippen molar-refractivity contribution < 1.29 is 13.6 Å². The summed E-state index contributed by atoms with van der Waals surface area (Å²) >= 11 is 0. The predicted molar refractivity (Wildman–Crippen MR) is 109 cm³/mol. The Bertz CT molecular complexity index is 339. The molecule has 1 atom stereocenters. The Kier molecular flexibility index (Phi) is 15.2. The summed E-state index contributed by atoms with van der Waals surface area (Å²) in [5.74, 6) is -0.319. The van der Waals surface area contributed by atoms with Gasteiger partial charge in [0, 0.05) is 6.08 Å². The monoisotopic (exact) mass is 372 g/mol. The Morgan fingerprint density at radius 1 is 0.920 bits per heavy atom. The van der Waals surface area contributed by atoms with Crippen LogP contribution in [0.2, 0.25) is 19.1 Å². The van der Waals surface area contributed by atoms with Crippen molar-refractivity contribution in [2.45, 2.75) is 116 Å². The van der Waals surface area contributed by atoms with E-state index in [1.54, 1.807) is 0 Å². The highest BCUT2D eigenvalue weighted by atomic mass is 28.4. The molecule has 148 valence electrons. The van der Waals surface area contributed by atoms with Crippen LogP contribution in [0.5, 0.6) is 0 Å². The SMILES string of the molecule is C=CC(=O)OC(C)CCCCCCCCCCCCCC[Si](C)(C)F. The molecular formula is C21H41FO2Si. The molecule has 0 fully saturated rings. The first-order valence-electron chi connectivity index (χ1n) is 10.4. The van der Waals surface area contributed by atoms with E-state index in [9.17, 15) is 8.90 Å². The van der Waals surface area contributed by atoms with Gasteiger partial charge in [0.15, 0.2) is 0 Å². The molecule has 0 aliphatic carbocycles. The molecule has 0 saturated heterocycles. The lowest BCUT2D eigenvalue weighted by atomic mass is 10.0. The minimum Gasteiger partial charge on any atom is -0.460 e. The van der Waals surface area contributed by atoms with Gasteiger partial charge in [-0.05, 0) is 38.9 Å². The normalized spacial score (nSPS) is 12.8. The number of esters is 1. The first-order chi connectivity index (χ1) is 11.8. The summed E-state index contributed by atoms with van der Waals surface area (Å²) in [5.41, 5.74) is 0. The lowest BCUT2D eigenvalue weighted by Crippen LogP contribution is -2.16. The van der Waals surface area contributed by atoms with Crippen molar-refractivity contribution in [2.75, 3.05) is 0 Å². The van der Waals surface area contributed by atoms with Gasteiger partial charge < -0.3 is 8.84 Å².